The Balaban J connectivity index is 2.91. The van der Waals surface area contributed by atoms with E-state index in [0.29, 0.717) is 5.75 Å². The molecular formula is C14H16N2O2. The summed E-state index contributed by atoms with van der Waals surface area (Å²) < 4.78 is 5.54. The first-order valence-corrected chi connectivity index (χ1v) is 5.36. The minimum atomic E-state index is -0.671. The van der Waals surface area contributed by atoms with Crippen LogP contribution in [0.3, 0.4) is 0 Å². The van der Waals surface area contributed by atoms with Crippen molar-refractivity contribution < 1.29 is 9.53 Å². The summed E-state index contributed by atoms with van der Waals surface area (Å²) in [6, 6.07) is 5.82. The van der Waals surface area contributed by atoms with E-state index in [-0.39, 0.29) is 11.5 Å². The van der Waals surface area contributed by atoms with Gasteiger partial charge in [-0.15, -0.1) is 0 Å². The van der Waals surface area contributed by atoms with Crippen molar-refractivity contribution in [3.63, 3.8) is 0 Å². The van der Waals surface area contributed by atoms with E-state index >= 15 is 0 Å². The predicted octanol–water partition coefficient (Wildman–Crippen LogP) is 2.27. The molecule has 0 aromatic heterocycles. The number of ether oxygens (including phenoxy) is 1. The topological polar surface area (TPSA) is 64.7 Å². The van der Waals surface area contributed by atoms with Crippen LogP contribution < -0.4 is 10.5 Å². The van der Waals surface area contributed by atoms with Gasteiger partial charge < -0.3 is 10.5 Å². The van der Waals surface area contributed by atoms with Gasteiger partial charge in [-0.2, -0.15) is 0 Å². The summed E-state index contributed by atoms with van der Waals surface area (Å²) in [6.07, 6.45) is 1.36. The van der Waals surface area contributed by atoms with Gasteiger partial charge in [-0.3, -0.25) is 9.79 Å². The van der Waals surface area contributed by atoms with E-state index in [1.165, 1.54) is 6.08 Å². The molecule has 0 fully saturated rings. The Kier molecular flexibility index (Phi) is 4.43. The molecule has 0 aliphatic heterocycles. The molecule has 94 valence electrons. The van der Waals surface area contributed by atoms with Crippen LogP contribution in [0.5, 0.6) is 5.75 Å². The van der Waals surface area contributed by atoms with Gasteiger partial charge in [-0.1, -0.05) is 18.7 Å². The zero-order valence-corrected chi connectivity index (χ0v) is 10.6. The average Bonchev–Trinajstić information content (AvgIpc) is 2.30. The maximum absolute atomic E-state index is 11.0. The lowest BCUT2D eigenvalue weighted by atomic mass is 10.1. The van der Waals surface area contributed by atoms with Crippen molar-refractivity contribution in [2.24, 2.45) is 10.7 Å². The average molecular weight is 244 g/mol. The van der Waals surface area contributed by atoms with Crippen LogP contribution in [-0.4, -0.2) is 12.6 Å². The normalized spacial score (nSPS) is 10.9. The van der Waals surface area contributed by atoms with Crippen LogP contribution >= 0.6 is 0 Å². The highest BCUT2D eigenvalue weighted by Crippen LogP contribution is 2.21. The molecule has 1 aromatic carbocycles. The van der Waals surface area contributed by atoms with E-state index in [1.54, 1.807) is 0 Å². The van der Waals surface area contributed by atoms with Crippen molar-refractivity contribution in [3.8, 4) is 5.75 Å². The predicted molar refractivity (Wildman–Crippen MR) is 72.5 cm³/mol. The third-order valence-electron chi connectivity index (χ3n) is 2.31. The largest absolute Gasteiger partial charge is 0.458 e. The van der Waals surface area contributed by atoms with Crippen LogP contribution in [0.1, 0.15) is 11.1 Å². The van der Waals surface area contributed by atoms with Crippen LogP contribution in [0, 0.1) is 13.8 Å². The number of hydrogen-bond donors (Lipinski definition) is 1. The quantitative estimate of drug-likeness (QED) is 0.374. The van der Waals surface area contributed by atoms with Crippen molar-refractivity contribution in [1.82, 2.24) is 0 Å². The molecule has 1 amide bonds. The smallest absolute Gasteiger partial charge is 0.267 e. The molecule has 1 aromatic rings. The maximum atomic E-state index is 11.0. The zero-order chi connectivity index (χ0) is 13.7. The third kappa shape index (κ3) is 3.59. The molecule has 0 saturated carbocycles. The highest BCUT2D eigenvalue weighted by molar-refractivity contribution is 5.92. The van der Waals surface area contributed by atoms with E-state index in [2.05, 4.69) is 18.3 Å². The van der Waals surface area contributed by atoms with Gasteiger partial charge in [0.05, 0.1) is 0 Å². The molecule has 0 bridgehead atoms. The maximum Gasteiger partial charge on any atom is 0.267 e. The molecule has 0 unspecified atom stereocenters. The molecule has 2 N–H and O–H groups in total. The Morgan fingerprint density at radius 2 is 2.11 bits per heavy atom. The molecular weight excluding hydrogens is 228 g/mol. The molecule has 0 spiro atoms. The molecule has 0 heterocycles. The molecule has 4 nitrogen and oxygen atoms in total. The lowest BCUT2D eigenvalue weighted by Gasteiger charge is -2.09. The number of nitrogens with zero attached hydrogens (tertiary/aromatic N) is 1. The van der Waals surface area contributed by atoms with Gasteiger partial charge in [0.15, 0.2) is 0 Å². The Hall–Kier alpha value is -2.36. The van der Waals surface area contributed by atoms with E-state index in [4.69, 9.17) is 10.5 Å². The lowest BCUT2D eigenvalue weighted by Crippen LogP contribution is -2.13. The second-order valence-corrected chi connectivity index (χ2v) is 3.89. The second kappa shape index (κ2) is 5.82. The summed E-state index contributed by atoms with van der Waals surface area (Å²) in [7, 11) is 0. The van der Waals surface area contributed by atoms with Gasteiger partial charge in [-0.25, -0.2) is 0 Å². The van der Waals surface area contributed by atoms with Crippen LogP contribution in [-0.2, 0) is 4.79 Å². The fourth-order valence-corrected chi connectivity index (χ4v) is 1.34. The summed E-state index contributed by atoms with van der Waals surface area (Å²) in [5.74, 6) is 0.296. The first-order chi connectivity index (χ1) is 8.43. The summed E-state index contributed by atoms with van der Waals surface area (Å²) in [5.41, 5.74) is 7.17. The number of primary amides is 1. The van der Waals surface area contributed by atoms with Crippen LogP contribution in [0.15, 0.2) is 47.3 Å². The number of aryl methyl sites for hydroxylation is 2. The van der Waals surface area contributed by atoms with Crippen LogP contribution in [0.2, 0.25) is 0 Å². The molecule has 0 radical (unpaired) electrons. The fourth-order valence-electron chi connectivity index (χ4n) is 1.34. The van der Waals surface area contributed by atoms with Crippen molar-refractivity contribution in [3.05, 3.63) is 53.4 Å². The Morgan fingerprint density at radius 3 is 2.67 bits per heavy atom. The molecule has 0 aliphatic carbocycles. The molecule has 0 atom stereocenters. The minimum absolute atomic E-state index is 0.0188. The van der Waals surface area contributed by atoms with Crippen molar-refractivity contribution in [2.75, 3.05) is 0 Å². The second-order valence-electron chi connectivity index (χ2n) is 3.89. The molecule has 18 heavy (non-hydrogen) atoms. The van der Waals surface area contributed by atoms with Gasteiger partial charge >= 0.3 is 0 Å². The zero-order valence-electron chi connectivity index (χ0n) is 10.6. The highest BCUT2D eigenvalue weighted by Gasteiger charge is 2.05. The summed E-state index contributed by atoms with van der Waals surface area (Å²) in [5, 5.41) is 0. The fraction of sp³-hybridized carbons (Fsp3) is 0.143. The van der Waals surface area contributed by atoms with Gasteiger partial charge in [0.1, 0.15) is 17.2 Å². The number of amides is 1. The van der Waals surface area contributed by atoms with E-state index in [1.807, 2.05) is 32.0 Å². The highest BCUT2D eigenvalue weighted by atomic mass is 16.5. The molecule has 0 saturated heterocycles. The lowest BCUT2D eigenvalue weighted by molar-refractivity contribution is -0.114. The SMILES string of the molecule is C=N/C(=C\C(=C)Oc1cc(C)ccc1C)C(N)=O. The summed E-state index contributed by atoms with van der Waals surface area (Å²) in [4.78, 5) is 14.5. The summed E-state index contributed by atoms with van der Waals surface area (Å²) >= 11 is 0. The van der Waals surface area contributed by atoms with E-state index in [0.717, 1.165) is 11.1 Å². The van der Waals surface area contributed by atoms with E-state index in [9.17, 15) is 4.79 Å². The number of carbonyl (C=O) groups excluding carboxylic acids is 1. The molecule has 0 aliphatic rings. The van der Waals surface area contributed by atoms with Crippen molar-refractivity contribution >= 4 is 12.6 Å². The van der Waals surface area contributed by atoms with Crippen molar-refractivity contribution in [1.29, 1.82) is 0 Å². The first-order valence-electron chi connectivity index (χ1n) is 5.36. The van der Waals surface area contributed by atoms with E-state index < -0.39 is 5.91 Å². The van der Waals surface area contributed by atoms with Crippen LogP contribution in [0.4, 0.5) is 0 Å². The van der Waals surface area contributed by atoms with Gasteiger partial charge in [0, 0.05) is 6.08 Å². The van der Waals surface area contributed by atoms with Gasteiger partial charge in [0.2, 0.25) is 0 Å². The first kappa shape index (κ1) is 13.7. The third-order valence-corrected chi connectivity index (χ3v) is 2.31. The standard InChI is InChI=1S/C14H16N2O2/c1-9-5-6-10(2)13(7-9)18-11(3)8-12(16-4)14(15)17/h5-8H,3-4H2,1-2H3,(H2,15,17)/b12-8-. The molecule has 4 heteroatoms. The summed E-state index contributed by atoms with van der Waals surface area (Å²) in [6.45, 7) is 10.8. The number of nitrogens with two attached hydrogens (primary N) is 1. The monoisotopic (exact) mass is 244 g/mol. The minimum Gasteiger partial charge on any atom is -0.458 e. The number of benzene rings is 1. The number of hydrogen-bond acceptors (Lipinski definition) is 3. The van der Waals surface area contributed by atoms with Crippen molar-refractivity contribution in [2.45, 2.75) is 13.8 Å². The Labute approximate surface area is 106 Å². The molecule has 1 rings (SSSR count). The van der Waals surface area contributed by atoms with Gasteiger partial charge in [0.25, 0.3) is 5.91 Å². The number of allylic oxidation sites excluding steroid dienone is 1. The number of carbonyl (C=O) groups is 1. The van der Waals surface area contributed by atoms with Crippen LogP contribution in [0.25, 0.3) is 0 Å². The Morgan fingerprint density at radius 1 is 1.44 bits per heavy atom. The number of rotatable bonds is 5. The van der Waals surface area contributed by atoms with Gasteiger partial charge in [-0.05, 0) is 37.8 Å². The number of aliphatic imine (C=N–C) groups is 1. The Bertz CT molecular complexity index is 531.